The van der Waals surface area contributed by atoms with Crippen molar-refractivity contribution in [3.05, 3.63) is 41.5 Å². The molecular weight excluding hydrogens is 280 g/mol. The predicted molar refractivity (Wildman–Crippen MR) is 82.4 cm³/mol. The third-order valence-corrected chi connectivity index (χ3v) is 3.68. The smallest absolute Gasteiger partial charge is 0.264 e. The van der Waals surface area contributed by atoms with Crippen LogP contribution in [-0.4, -0.2) is 30.5 Å². The van der Waals surface area contributed by atoms with Crippen LogP contribution in [0.3, 0.4) is 0 Å². The van der Waals surface area contributed by atoms with Gasteiger partial charge in [0.1, 0.15) is 17.5 Å². The summed E-state index contributed by atoms with van der Waals surface area (Å²) in [7, 11) is 1.69. The van der Waals surface area contributed by atoms with Crippen molar-refractivity contribution in [2.45, 2.75) is 18.9 Å². The summed E-state index contributed by atoms with van der Waals surface area (Å²) in [6.07, 6.45) is 8.59. The average molecular weight is 294 g/mol. The van der Waals surface area contributed by atoms with Crippen LogP contribution in [-0.2, 0) is 7.05 Å². The van der Waals surface area contributed by atoms with Gasteiger partial charge in [-0.1, -0.05) is 0 Å². The molecule has 0 saturated heterocycles. The first-order chi connectivity index (χ1) is 10.7. The SMILES string of the molecule is Cn1cnc2cc(-c3cncnc3)nc(NC3CC3)c2c1=O. The molecule has 1 aliphatic carbocycles. The Kier molecular flexibility index (Phi) is 2.85. The summed E-state index contributed by atoms with van der Waals surface area (Å²) >= 11 is 0. The lowest BCUT2D eigenvalue weighted by Gasteiger charge is -2.10. The first kappa shape index (κ1) is 12.9. The molecule has 0 bridgehead atoms. The Morgan fingerprint density at radius 2 is 2.05 bits per heavy atom. The number of pyridine rings is 1. The van der Waals surface area contributed by atoms with Crippen LogP contribution in [0, 0.1) is 0 Å². The fraction of sp³-hybridized carbons (Fsp3) is 0.267. The highest BCUT2D eigenvalue weighted by Crippen LogP contribution is 2.29. The summed E-state index contributed by atoms with van der Waals surface area (Å²) in [5.41, 5.74) is 2.03. The van der Waals surface area contributed by atoms with E-state index in [2.05, 4.69) is 25.3 Å². The lowest BCUT2D eigenvalue weighted by molar-refractivity contribution is 0.842. The Labute approximate surface area is 126 Å². The minimum absolute atomic E-state index is 0.100. The molecular formula is C15H14N6O. The summed E-state index contributed by atoms with van der Waals surface area (Å²) in [6, 6.07) is 2.19. The van der Waals surface area contributed by atoms with Crippen LogP contribution in [0.5, 0.6) is 0 Å². The van der Waals surface area contributed by atoms with Crippen LogP contribution in [0.2, 0.25) is 0 Å². The zero-order valence-electron chi connectivity index (χ0n) is 12.0. The molecule has 7 heteroatoms. The number of nitrogens with one attached hydrogen (secondary N) is 1. The van der Waals surface area contributed by atoms with E-state index in [1.807, 2.05) is 0 Å². The maximum Gasteiger partial charge on any atom is 0.264 e. The summed E-state index contributed by atoms with van der Waals surface area (Å²) in [5, 5.41) is 3.86. The minimum Gasteiger partial charge on any atom is -0.367 e. The molecule has 1 saturated carbocycles. The van der Waals surface area contributed by atoms with Gasteiger partial charge in [0.25, 0.3) is 5.56 Å². The second-order valence-electron chi connectivity index (χ2n) is 5.46. The van der Waals surface area contributed by atoms with Gasteiger partial charge in [-0.15, -0.1) is 0 Å². The largest absolute Gasteiger partial charge is 0.367 e. The second kappa shape index (κ2) is 4.87. The molecule has 1 N–H and O–H groups in total. The molecule has 0 spiro atoms. The van der Waals surface area contributed by atoms with Gasteiger partial charge in [-0.2, -0.15) is 0 Å². The molecule has 110 valence electrons. The molecule has 0 atom stereocenters. The van der Waals surface area contributed by atoms with E-state index in [1.165, 1.54) is 17.2 Å². The van der Waals surface area contributed by atoms with Gasteiger partial charge >= 0.3 is 0 Å². The van der Waals surface area contributed by atoms with E-state index >= 15 is 0 Å². The highest BCUT2D eigenvalue weighted by atomic mass is 16.1. The number of anilines is 1. The van der Waals surface area contributed by atoms with E-state index in [0.717, 1.165) is 18.4 Å². The molecule has 0 aliphatic heterocycles. The topological polar surface area (TPSA) is 85.6 Å². The molecule has 3 aromatic heterocycles. The number of nitrogens with zero attached hydrogens (tertiary/aromatic N) is 5. The monoisotopic (exact) mass is 294 g/mol. The van der Waals surface area contributed by atoms with E-state index in [0.29, 0.717) is 28.5 Å². The Morgan fingerprint density at radius 3 is 2.77 bits per heavy atom. The molecule has 0 radical (unpaired) electrons. The van der Waals surface area contributed by atoms with Crippen LogP contribution < -0.4 is 10.9 Å². The molecule has 0 amide bonds. The van der Waals surface area contributed by atoms with Crippen molar-refractivity contribution in [3.8, 4) is 11.3 Å². The summed E-state index contributed by atoms with van der Waals surface area (Å²) < 4.78 is 1.47. The maximum atomic E-state index is 12.4. The van der Waals surface area contributed by atoms with Crippen LogP contribution >= 0.6 is 0 Å². The zero-order valence-corrected chi connectivity index (χ0v) is 12.0. The average Bonchev–Trinajstić information content (AvgIpc) is 3.35. The maximum absolute atomic E-state index is 12.4. The number of hydrogen-bond donors (Lipinski definition) is 1. The Morgan fingerprint density at radius 1 is 1.27 bits per heavy atom. The van der Waals surface area contributed by atoms with Gasteiger partial charge in [-0.25, -0.2) is 19.9 Å². The second-order valence-corrected chi connectivity index (χ2v) is 5.46. The standard InChI is InChI=1S/C15H14N6O/c1-21-8-18-12-4-11(9-5-16-7-17-6-9)20-14(13(12)15(21)22)19-10-2-3-10/h4-8,10H,2-3H2,1H3,(H,19,20). The van der Waals surface area contributed by atoms with Crippen molar-refractivity contribution in [2.75, 3.05) is 5.32 Å². The highest BCUT2D eigenvalue weighted by Gasteiger charge is 2.24. The predicted octanol–water partition coefficient (Wildman–Crippen LogP) is 1.36. The van der Waals surface area contributed by atoms with E-state index in [9.17, 15) is 4.79 Å². The molecule has 1 aliphatic rings. The number of rotatable bonds is 3. The lowest BCUT2D eigenvalue weighted by Crippen LogP contribution is -2.19. The lowest BCUT2D eigenvalue weighted by atomic mass is 10.2. The molecule has 0 unspecified atom stereocenters. The van der Waals surface area contributed by atoms with Crippen LogP contribution in [0.1, 0.15) is 12.8 Å². The fourth-order valence-electron chi connectivity index (χ4n) is 2.33. The quantitative estimate of drug-likeness (QED) is 0.785. The van der Waals surface area contributed by atoms with Gasteiger partial charge in [0.2, 0.25) is 0 Å². The van der Waals surface area contributed by atoms with Gasteiger partial charge < -0.3 is 9.88 Å². The molecule has 4 rings (SSSR count). The van der Waals surface area contributed by atoms with Crippen LogP contribution in [0.25, 0.3) is 22.2 Å². The van der Waals surface area contributed by atoms with E-state index < -0.39 is 0 Å². The van der Waals surface area contributed by atoms with Crippen molar-refractivity contribution in [1.82, 2.24) is 24.5 Å². The molecule has 1 fully saturated rings. The van der Waals surface area contributed by atoms with E-state index in [1.54, 1.807) is 25.5 Å². The van der Waals surface area contributed by atoms with E-state index in [-0.39, 0.29) is 5.56 Å². The van der Waals surface area contributed by atoms with Gasteiger partial charge in [0, 0.05) is 31.0 Å². The van der Waals surface area contributed by atoms with Crippen molar-refractivity contribution in [1.29, 1.82) is 0 Å². The first-order valence-electron chi connectivity index (χ1n) is 7.10. The summed E-state index contributed by atoms with van der Waals surface area (Å²) in [4.78, 5) is 29.4. The van der Waals surface area contributed by atoms with Crippen molar-refractivity contribution in [2.24, 2.45) is 7.05 Å². The molecule has 0 aromatic carbocycles. The summed E-state index contributed by atoms with van der Waals surface area (Å²) in [5.74, 6) is 0.590. The van der Waals surface area contributed by atoms with Gasteiger partial charge in [-0.05, 0) is 18.9 Å². The number of aryl methyl sites for hydroxylation is 1. The van der Waals surface area contributed by atoms with Crippen molar-refractivity contribution in [3.63, 3.8) is 0 Å². The molecule has 3 aromatic rings. The molecule has 22 heavy (non-hydrogen) atoms. The van der Waals surface area contributed by atoms with Gasteiger partial charge in [-0.3, -0.25) is 4.79 Å². The van der Waals surface area contributed by atoms with Crippen molar-refractivity contribution < 1.29 is 0 Å². The number of hydrogen-bond acceptors (Lipinski definition) is 6. The minimum atomic E-state index is -0.100. The Hall–Kier alpha value is -2.83. The van der Waals surface area contributed by atoms with E-state index in [4.69, 9.17) is 0 Å². The third kappa shape index (κ3) is 2.20. The molecule has 3 heterocycles. The van der Waals surface area contributed by atoms with Gasteiger partial charge in [0.15, 0.2) is 0 Å². The van der Waals surface area contributed by atoms with Crippen LogP contribution in [0.4, 0.5) is 5.82 Å². The number of aromatic nitrogens is 5. The number of fused-ring (bicyclic) bond motifs is 1. The highest BCUT2D eigenvalue weighted by molar-refractivity contribution is 5.91. The van der Waals surface area contributed by atoms with Crippen molar-refractivity contribution >= 4 is 16.7 Å². The Bertz CT molecular complexity index is 901. The van der Waals surface area contributed by atoms with Gasteiger partial charge in [0.05, 0.1) is 17.5 Å². The fourth-order valence-corrected chi connectivity index (χ4v) is 2.33. The zero-order chi connectivity index (χ0) is 15.1. The van der Waals surface area contributed by atoms with Crippen LogP contribution in [0.15, 0.2) is 35.9 Å². The normalized spacial score (nSPS) is 14.2. The molecule has 7 nitrogen and oxygen atoms in total. The summed E-state index contributed by atoms with van der Waals surface area (Å²) in [6.45, 7) is 0. The Balaban J connectivity index is 1.97. The third-order valence-electron chi connectivity index (χ3n) is 3.68. The first-order valence-corrected chi connectivity index (χ1v) is 7.10.